The monoisotopic (exact) mass is 202 g/mol. The van der Waals surface area contributed by atoms with E-state index in [4.69, 9.17) is 5.73 Å². The van der Waals surface area contributed by atoms with E-state index in [0.717, 1.165) is 18.9 Å². The molecule has 0 unspecified atom stereocenters. The summed E-state index contributed by atoms with van der Waals surface area (Å²) in [6.45, 7) is 3.51. The first-order valence-corrected chi connectivity index (χ1v) is 5.81. The number of nitrogens with two attached hydrogens (primary N) is 1. The topological polar surface area (TPSA) is 29.3 Å². The highest BCUT2D eigenvalue weighted by atomic mass is 15.2. The summed E-state index contributed by atoms with van der Waals surface area (Å²) in [5.41, 5.74) is 7.81. The van der Waals surface area contributed by atoms with Crippen LogP contribution in [0, 0.1) is 5.92 Å². The van der Waals surface area contributed by atoms with Gasteiger partial charge in [-0.1, -0.05) is 30.3 Å². The molecule has 0 amide bonds. The van der Waals surface area contributed by atoms with Crippen LogP contribution >= 0.6 is 0 Å². The Bertz CT molecular complexity index is 349. The molecule has 0 radical (unpaired) electrons. The molecule has 0 aromatic heterocycles. The third-order valence-corrected chi connectivity index (χ3v) is 3.84. The molecule has 2 fully saturated rings. The van der Waals surface area contributed by atoms with Crippen molar-refractivity contribution in [1.29, 1.82) is 0 Å². The van der Waals surface area contributed by atoms with Gasteiger partial charge in [0.2, 0.25) is 0 Å². The van der Waals surface area contributed by atoms with E-state index in [0.29, 0.717) is 0 Å². The zero-order valence-electron chi connectivity index (χ0n) is 9.02. The summed E-state index contributed by atoms with van der Waals surface area (Å²) in [6.07, 6.45) is 2.42. The molecule has 80 valence electrons. The number of rotatable bonds is 3. The molecule has 1 aromatic carbocycles. The van der Waals surface area contributed by atoms with Crippen LogP contribution in [0.3, 0.4) is 0 Å². The predicted molar refractivity (Wildman–Crippen MR) is 61.6 cm³/mol. The Hall–Kier alpha value is -0.860. The lowest BCUT2D eigenvalue weighted by atomic mass is 10.1. The van der Waals surface area contributed by atoms with E-state index in [-0.39, 0.29) is 5.54 Å². The average Bonchev–Trinajstić information content (AvgIpc) is 2.76. The quantitative estimate of drug-likeness (QED) is 0.799. The Labute approximate surface area is 91.1 Å². The normalized spacial score (nSPS) is 34.1. The second-order valence-corrected chi connectivity index (χ2v) is 5.10. The van der Waals surface area contributed by atoms with Gasteiger partial charge < -0.3 is 10.6 Å². The molecule has 3 rings (SSSR count). The first-order chi connectivity index (χ1) is 7.26. The molecule has 2 aliphatic rings. The molecule has 1 heterocycles. The Kier molecular flexibility index (Phi) is 2.08. The van der Waals surface area contributed by atoms with Gasteiger partial charge in [0.15, 0.2) is 0 Å². The van der Waals surface area contributed by atoms with Gasteiger partial charge in [-0.25, -0.2) is 0 Å². The van der Waals surface area contributed by atoms with Crippen LogP contribution in [0.15, 0.2) is 30.3 Å². The van der Waals surface area contributed by atoms with Crippen LogP contribution in [0.2, 0.25) is 0 Å². The molecule has 2 N–H and O–H groups in total. The zero-order chi connectivity index (χ0) is 10.3. The summed E-state index contributed by atoms with van der Waals surface area (Å²) in [5, 5.41) is 0. The van der Waals surface area contributed by atoms with E-state index in [9.17, 15) is 0 Å². The maximum Gasteiger partial charge on any atom is 0.0328 e. The van der Waals surface area contributed by atoms with Crippen LogP contribution in [-0.4, -0.2) is 30.1 Å². The summed E-state index contributed by atoms with van der Waals surface area (Å²) in [5.74, 6) is 0.799. The molecule has 0 bridgehead atoms. The fourth-order valence-electron chi connectivity index (χ4n) is 2.73. The van der Waals surface area contributed by atoms with Crippen molar-refractivity contribution in [2.24, 2.45) is 11.7 Å². The largest absolute Gasteiger partial charge is 0.324 e. The number of fused-ring (bicyclic) bond motifs is 1. The van der Waals surface area contributed by atoms with E-state index < -0.39 is 0 Å². The van der Waals surface area contributed by atoms with Crippen molar-refractivity contribution in [3.05, 3.63) is 35.9 Å². The van der Waals surface area contributed by atoms with Crippen molar-refractivity contribution >= 4 is 0 Å². The van der Waals surface area contributed by atoms with Crippen molar-refractivity contribution in [2.45, 2.75) is 18.4 Å². The highest BCUT2D eigenvalue weighted by molar-refractivity contribution is 5.17. The minimum absolute atomic E-state index is 0.205. The molecule has 1 saturated heterocycles. The third kappa shape index (κ3) is 1.80. The summed E-state index contributed by atoms with van der Waals surface area (Å²) < 4.78 is 0. The molecule has 0 spiro atoms. The molecule has 1 aliphatic carbocycles. The minimum atomic E-state index is 0.205. The van der Waals surface area contributed by atoms with Gasteiger partial charge in [0.05, 0.1) is 0 Å². The van der Waals surface area contributed by atoms with Crippen LogP contribution in [0.25, 0.3) is 0 Å². The van der Waals surface area contributed by atoms with Gasteiger partial charge in [0.1, 0.15) is 0 Å². The first kappa shape index (κ1) is 9.37. The Balaban J connectivity index is 1.52. The standard InChI is InChI=1S/C13H18N2/c14-13-8-12(13)9-15(10-13)7-6-11-4-2-1-3-5-11/h1-5,12H,6-10,14H2/t12-,13+/m0/s1. The second-order valence-electron chi connectivity index (χ2n) is 5.10. The number of piperidine rings is 1. The second kappa shape index (κ2) is 3.32. The summed E-state index contributed by atoms with van der Waals surface area (Å²) >= 11 is 0. The molecule has 2 atom stereocenters. The minimum Gasteiger partial charge on any atom is -0.324 e. The average molecular weight is 202 g/mol. The number of nitrogens with zero attached hydrogens (tertiary/aromatic N) is 1. The zero-order valence-corrected chi connectivity index (χ0v) is 9.02. The van der Waals surface area contributed by atoms with E-state index in [1.165, 1.54) is 25.1 Å². The van der Waals surface area contributed by atoms with Crippen molar-refractivity contribution in [3.63, 3.8) is 0 Å². The van der Waals surface area contributed by atoms with Crippen LogP contribution in [0.5, 0.6) is 0 Å². The highest BCUT2D eigenvalue weighted by Gasteiger charge is 2.56. The van der Waals surface area contributed by atoms with Crippen molar-refractivity contribution < 1.29 is 0 Å². The van der Waals surface area contributed by atoms with Crippen molar-refractivity contribution in [3.8, 4) is 0 Å². The van der Waals surface area contributed by atoms with Crippen LogP contribution < -0.4 is 5.73 Å². The maximum absolute atomic E-state index is 6.17. The van der Waals surface area contributed by atoms with Crippen LogP contribution in [0.1, 0.15) is 12.0 Å². The Morgan fingerprint density at radius 3 is 2.80 bits per heavy atom. The van der Waals surface area contributed by atoms with Crippen LogP contribution in [0.4, 0.5) is 0 Å². The van der Waals surface area contributed by atoms with Crippen LogP contribution in [-0.2, 0) is 6.42 Å². The highest BCUT2D eigenvalue weighted by Crippen LogP contribution is 2.46. The smallest absolute Gasteiger partial charge is 0.0328 e. The Morgan fingerprint density at radius 2 is 2.13 bits per heavy atom. The van der Waals surface area contributed by atoms with E-state index >= 15 is 0 Å². The van der Waals surface area contributed by atoms with E-state index in [1.807, 2.05) is 0 Å². The molecule has 15 heavy (non-hydrogen) atoms. The molecule has 1 aromatic rings. The fourth-order valence-corrected chi connectivity index (χ4v) is 2.73. The van der Waals surface area contributed by atoms with E-state index in [1.54, 1.807) is 0 Å². The fraction of sp³-hybridized carbons (Fsp3) is 0.538. The van der Waals surface area contributed by atoms with Crippen molar-refractivity contribution in [1.82, 2.24) is 4.90 Å². The molecule has 2 heteroatoms. The van der Waals surface area contributed by atoms with Gasteiger partial charge in [-0.3, -0.25) is 0 Å². The number of hydrogen-bond acceptors (Lipinski definition) is 2. The van der Waals surface area contributed by atoms with Gasteiger partial charge in [-0.2, -0.15) is 0 Å². The maximum atomic E-state index is 6.17. The molecular weight excluding hydrogens is 184 g/mol. The van der Waals surface area contributed by atoms with Gasteiger partial charge in [0, 0.05) is 25.2 Å². The number of benzene rings is 1. The van der Waals surface area contributed by atoms with Gasteiger partial charge in [-0.05, 0) is 24.3 Å². The lowest BCUT2D eigenvalue weighted by molar-refractivity contribution is 0.302. The third-order valence-electron chi connectivity index (χ3n) is 3.84. The molecular formula is C13H18N2. The lowest BCUT2D eigenvalue weighted by Gasteiger charge is -2.18. The van der Waals surface area contributed by atoms with Gasteiger partial charge in [0.25, 0.3) is 0 Å². The molecule has 2 nitrogen and oxygen atoms in total. The molecule has 1 aliphatic heterocycles. The number of hydrogen-bond donors (Lipinski definition) is 1. The Morgan fingerprint density at radius 1 is 1.33 bits per heavy atom. The van der Waals surface area contributed by atoms with E-state index in [2.05, 4.69) is 35.2 Å². The van der Waals surface area contributed by atoms with Gasteiger partial charge >= 0.3 is 0 Å². The summed E-state index contributed by atoms with van der Waals surface area (Å²) in [4.78, 5) is 2.52. The first-order valence-electron chi connectivity index (χ1n) is 5.81. The molecule has 1 saturated carbocycles. The summed E-state index contributed by atoms with van der Waals surface area (Å²) in [7, 11) is 0. The SMILES string of the molecule is N[C@@]12C[C@H]1CN(CCc1ccccc1)C2. The predicted octanol–water partition coefficient (Wildman–Crippen LogP) is 1.26. The number of likely N-dealkylation sites (tertiary alicyclic amines) is 1. The lowest BCUT2D eigenvalue weighted by Crippen LogP contribution is -2.34. The van der Waals surface area contributed by atoms with Crippen molar-refractivity contribution in [2.75, 3.05) is 19.6 Å². The summed E-state index contributed by atoms with van der Waals surface area (Å²) in [6, 6.07) is 10.7. The van der Waals surface area contributed by atoms with Gasteiger partial charge in [-0.15, -0.1) is 0 Å².